The smallest absolute Gasteiger partial charge is 0.339 e. The third-order valence-electron chi connectivity index (χ3n) is 4.53. The Hall–Kier alpha value is -3.18. The normalized spacial score (nSPS) is 13.6. The molecule has 154 valence electrons. The van der Waals surface area contributed by atoms with Gasteiger partial charge in [0, 0.05) is 0 Å². The zero-order chi connectivity index (χ0) is 21.7. The first-order chi connectivity index (χ1) is 14.2. The van der Waals surface area contributed by atoms with Gasteiger partial charge >= 0.3 is 11.9 Å². The second-order valence-corrected chi connectivity index (χ2v) is 7.20. The number of aromatic carboxylic acids is 2. The lowest BCUT2D eigenvalue weighted by Gasteiger charge is -2.13. The third-order valence-corrected chi connectivity index (χ3v) is 5.16. The van der Waals surface area contributed by atoms with E-state index < -0.39 is 24.1 Å². The van der Waals surface area contributed by atoms with Crippen LogP contribution in [-0.2, 0) is 0 Å². The van der Waals surface area contributed by atoms with E-state index in [1.165, 1.54) is 24.3 Å². The number of hydrogen-bond acceptors (Lipinski definition) is 6. The van der Waals surface area contributed by atoms with Crippen LogP contribution in [-0.4, -0.2) is 52.3 Å². The van der Waals surface area contributed by atoms with Crippen molar-refractivity contribution >= 4 is 57.2 Å². The molecule has 4 aromatic rings. The summed E-state index contributed by atoms with van der Waals surface area (Å²) in [6.45, 7) is 0. The first-order valence-corrected chi connectivity index (χ1v) is 9.13. The molecule has 30 heavy (non-hydrogen) atoms. The van der Waals surface area contributed by atoms with Crippen molar-refractivity contribution in [2.45, 2.75) is 12.2 Å². The summed E-state index contributed by atoms with van der Waals surface area (Å²) in [5, 5.41) is 39.8. The van der Waals surface area contributed by atoms with Crippen LogP contribution in [0.3, 0.4) is 0 Å². The maximum absolute atomic E-state index is 11.5. The molecule has 2 aromatic heterocycles. The van der Waals surface area contributed by atoms with E-state index in [9.17, 15) is 30.0 Å². The Balaban J connectivity index is 1.76. The summed E-state index contributed by atoms with van der Waals surface area (Å²) < 4.78 is 0. The molecular weight excluding hydrogens is 439 g/mol. The molecule has 0 bridgehead atoms. The molecule has 0 saturated heterocycles. The first kappa shape index (κ1) is 20.1. The standard InChI is InChI=1S/C18H12Cl2N4O6/c19-5-1-3-7-11(9(5)17(27)28)23-15(21-7)13(25)14(26)16-22-8-4-2-6(20)10(18(29)30)12(8)24-16/h1-4,13-14,25-26H,(H,21,23)(H,22,24)(H,27,28)(H,29,30). The second kappa shape index (κ2) is 7.26. The number of fused-ring (bicyclic) bond motifs is 2. The molecule has 2 unspecified atom stereocenters. The van der Waals surface area contributed by atoms with Crippen molar-refractivity contribution in [2.24, 2.45) is 0 Å². The number of aliphatic hydroxyl groups excluding tert-OH is 2. The number of aromatic amines is 2. The summed E-state index contributed by atoms with van der Waals surface area (Å²) in [6, 6.07) is 5.72. The number of H-pyrrole nitrogens is 2. The van der Waals surface area contributed by atoms with E-state index in [1.807, 2.05) is 0 Å². The highest BCUT2D eigenvalue weighted by Crippen LogP contribution is 2.32. The lowest BCUT2D eigenvalue weighted by molar-refractivity contribution is 0.00779. The van der Waals surface area contributed by atoms with Gasteiger partial charge in [-0.15, -0.1) is 0 Å². The van der Waals surface area contributed by atoms with Gasteiger partial charge in [0.15, 0.2) is 0 Å². The third kappa shape index (κ3) is 3.15. The van der Waals surface area contributed by atoms with Crippen LogP contribution in [0.25, 0.3) is 22.1 Å². The van der Waals surface area contributed by atoms with E-state index in [0.29, 0.717) is 11.0 Å². The van der Waals surface area contributed by atoms with E-state index >= 15 is 0 Å². The minimum absolute atomic E-state index is 0.0146. The highest BCUT2D eigenvalue weighted by Gasteiger charge is 2.28. The fourth-order valence-corrected chi connectivity index (χ4v) is 3.59. The highest BCUT2D eigenvalue weighted by molar-refractivity contribution is 6.35. The maximum Gasteiger partial charge on any atom is 0.339 e. The number of carbonyl (C=O) groups is 2. The summed E-state index contributed by atoms with van der Waals surface area (Å²) in [4.78, 5) is 36.5. The van der Waals surface area contributed by atoms with E-state index in [-0.39, 0.29) is 43.9 Å². The van der Waals surface area contributed by atoms with Crippen molar-refractivity contribution < 1.29 is 30.0 Å². The maximum atomic E-state index is 11.5. The van der Waals surface area contributed by atoms with Crippen molar-refractivity contribution in [1.29, 1.82) is 0 Å². The number of nitrogens with zero attached hydrogens (tertiary/aromatic N) is 2. The van der Waals surface area contributed by atoms with Gasteiger partial charge in [-0.1, -0.05) is 23.2 Å². The van der Waals surface area contributed by atoms with Crippen LogP contribution in [0.5, 0.6) is 0 Å². The number of halogens is 2. The SMILES string of the molecule is O=C(O)c1c(Cl)ccc2[nH]c(C(O)C(O)c3nc4c(C(=O)O)c(Cl)ccc4[nH]3)nc12. The first-order valence-electron chi connectivity index (χ1n) is 8.38. The number of hydrogen-bond donors (Lipinski definition) is 6. The van der Waals surface area contributed by atoms with Crippen molar-refractivity contribution in [3.05, 3.63) is 57.1 Å². The number of benzene rings is 2. The Morgan fingerprint density at radius 2 is 1.13 bits per heavy atom. The monoisotopic (exact) mass is 450 g/mol. The lowest BCUT2D eigenvalue weighted by Crippen LogP contribution is -2.13. The molecule has 0 aliphatic carbocycles. The molecule has 4 rings (SSSR count). The van der Waals surface area contributed by atoms with Gasteiger partial charge in [0.1, 0.15) is 46.0 Å². The van der Waals surface area contributed by atoms with Crippen molar-refractivity contribution in [2.75, 3.05) is 0 Å². The molecule has 0 fully saturated rings. The summed E-state index contributed by atoms with van der Waals surface area (Å²) in [7, 11) is 0. The molecule has 0 spiro atoms. The molecule has 12 heteroatoms. The van der Waals surface area contributed by atoms with Crippen LogP contribution in [0, 0.1) is 0 Å². The molecular formula is C18H12Cl2N4O6. The molecule has 2 atom stereocenters. The average Bonchev–Trinajstić information content (AvgIpc) is 3.29. The zero-order valence-corrected chi connectivity index (χ0v) is 16.2. The molecule has 0 aliphatic rings. The molecule has 0 aliphatic heterocycles. The van der Waals surface area contributed by atoms with Crippen LogP contribution in [0.4, 0.5) is 0 Å². The van der Waals surface area contributed by atoms with Gasteiger partial charge in [0.2, 0.25) is 0 Å². The quantitative estimate of drug-likeness (QED) is 0.269. The van der Waals surface area contributed by atoms with Crippen molar-refractivity contribution in [1.82, 2.24) is 19.9 Å². The zero-order valence-electron chi connectivity index (χ0n) is 14.7. The van der Waals surface area contributed by atoms with Gasteiger partial charge in [0.25, 0.3) is 0 Å². The number of carboxylic acid groups (broad SMARTS) is 2. The molecule has 2 heterocycles. The summed E-state index contributed by atoms with van der Waals surface area (Å²) in [5.74, 6) is -2.85. The topological polar surface area (TPSA) is 172 Å². The van der Waals surface area contributed by atoms with Gasteiger partial charge in [-0.2, -0.15) is 0 Å². The summed E-state index contributed by atoms with van der Waals surface area (Å²) in [5.41, 5.74) is 0.123. The molecule has 2 aromatic carbocycles. The summed E-state index contributed by atoms with van der Waals surface area (Å²) in [6.07, 6.45) is -3.27. The Morgan fingerprint density at radius 3 is 1.47 bits per heavy atom. The molecule has 6 N–H and O–H groups in total. The van der Waals surface area contributed by atoms with Crippen LogP contribution in [0.1, 0.15) is 44.6 Å². The number of carboxylic acids is 2. The van der Waals surface area contributed by atoms with Crippen LogP contribution in [0.15, 0.2) is 24.3 Å². The molecule has 0 radical (unpaired) electrons. The Labute approximate surface area is 176 Å². The van der Waals surface area contributed by atoms with Gasteiger partial charge in [-0.3, -0.25) is 0 Å². The van der Waals surface area contributed by atoms with Crippen LogP contribution >= 0.6 is 23.2 Å². The van der Waals surface area contributed by atoms with Gasteiger partial charge in [-0.25, -0.2) is 19.6 Å². The average molecular weight is 451 g/mol. The molecule has 0 amide bonds. The Bertz CT molecular complexity index is 1230. The van der Waals surface area contributed by atoms with Crippen molar-refractivity contribution in [3.63, 3.8) is 0 Å². The molecule has 0 saturated carbocycles. The largest absolute Gasteiger partial charge is 0.478 e. The minimum atomic E-state index is -1.64. The van der Waals surface area contributed by atoms with Gasteiger partial charge in [-0.05, 0) is 24.3 Å². The number of nitrogens with one attached hydrogen (secondary N) is 2. The minimum Gasteiger partial charge on any atom is -0.478 e. The number of aromatic nitrogens is 4. The summed E-state index contributed by atoms with van der Waals surface area (Å²) >= 11 is 11.8. The fraction of sp³-hybridized carbons (Fsp3) is 0.111. The number of imidazole rings is 2. The van der Waals surface area contributed by atoms with Crippen molar-refractivity contribution in [3.8, 4) is 0 Å². The molecule has 10 nitrogen and oxygen atoms in total. The number of rotatable bonds is 5. The Kier molecular flexibility index (Phi) is 4.86. The van der Waals surface area contributed by atoms with Crippen LogP contribution < -0.4 is 0 Å². The van der Waals surface area contributed by atoms with E-state index in [0.717, 1.165) is 0 Å². The predicted molar refractivity (Wildman–Crippen MR) is 106 cm³/mol. The second-order valence-electron chi connectivity index (χ2n) is 6.38. The lowest BCUT2D eigenvalue weighted by atomic mass is 10.2. The van der Waals surface area contributed by atoms with Gasteiger partial charge < -0.3 is 30.4 Å². The van der Waals surface area contributed by atoms with E-state index in [4.69, 9.17) is 23.2 Å². The highest BCUT2D eigenvalue weighted by atomic mass is 35.5. The Morgan fingerprint density at radius 1 is 0.767 bits per heavy atom. The fourth-order valence-electron chi connectivity index (χ4n) is 3.13. The number of aliphatic hydroxyl groups is 2. The van der Waals surface area contributed by atoms with E-state index in [2.05, 4.69) is 19.9 Å². The van der Waals surface area contributed by atoms with E-state index in [1.54, 1.807) is 0 Å². The predicted octanol–water partition coefficient (Wildman–Crippen LogP) is 2.91. The van der Waals surface area contributed by atoms with Crippen LogP contribution in [0.2, 0.25) is 10.0 Å². The van der Waals surface area contributed by atoms with Gasteiger partial charge in [0.05, 0.1) is 21.1 Å².